The molecular formula is C13H13N3O4S. The zero-order valence-electron chi connectivity index (χ0n) is 11.1. The molecule has 110 valence electrons. The molecule has 21 heavy (non-hydrogen) atoms. The lowest BCUT2D eigenvalue weighted by molar-refractivity contribution is -0.137. The summed E-state index contributed by atoms with van der Waals surface area (Å²) in [7, 11) is 0. The standard InChI is InChI=1S/C13H13N3O4S/c17-10(18)7-15(6-8-1-2-8)11(19)9-5-14-13-16(12(9)20)3-4-21-13/h3-5,8H,1-2,6-7H2,(H,17,18). The molecular weight excluding hydrogens is 294 g/mol. The maximum Gasteiger partial charge on any atom is 0.323 e. The molecule has 3 rings (SSSR count). The van der Waals surface area contributed by atoms with E-state index in [0.717, 1.165) is 12.8 Å². The van der Waals surface area contributed by atoms with Crippen LogP contribution in [-0.4, -0.2) is 44.4 Å². The number of carboxylic acid groups (broad SMARTS) is 1. The summed E-state index contributed by atoms with van der Waals surface area (Å²) in [6.07, 6.45) is 4.77. The Morgan fingerprint density at radius 1 is 1.48 bits per heavy atom. The molecule has 0 spiro atoms. The lowest BCUT2D eigenvalue weighted by Gasteiger charge is -2.20. The van der Waals surface area contributed by atoms with Gasteiger partial charge in [0.2, 0.25) is 0 Å². The molecule has 2 aromatic rings. The van der Waals surface area contributed by atoms with Crippen LogP contribution in [0.1, 0.15) is 23.2 Å². The van der Waals surface area contributed by atoms with Gasteiger partial charge in [0.15, 0.2) is 4.96 Å². The molecule has 0 unspecified atom stereocenters. The molecule has 8 heteroatoms. The Morgan fingerprint density at radius 3 is 2.90 bits per heavy atom. The fraction of sp³-hybridized carbons (Fsp3) is 0.385. The number of aliphatic carboxylic acids is 1. The predicted molar refractivity (Wildman–Crippen MR) is 75.6 cm³/mol. The van der Waals surface area contributed by atoms with Gasteiger partial charge in [-0.1, -0.05) is 0 Å². The van der Waals surface area contributed by atoms with E-state index in [0.29, 0.717) is 17.4 Å². The van der Waals surface area contributed by atoms with Gasteiger partial charge in [-0.25, -0.2) is 4.98 Å². The first-order valence-electron chi connectivity index (χ1n) is 6.52. The molecule has 2 heterocycles. The summed E-state index contributed by atoms with van der Waals surface area (Å²) >= 11 is 1.29. The Balaban J connectivity index is 1.94. The van der Waals surface area contributed by atoms with Crippen LogP contribution in [0.15, 0.2) is 22.6 Å². The number of carbonyl (C=O) groups excluding carboxylic acids is 1. The molecule has 0 bridgehead atoms. The summed E-state index contributed by atoms with van der Waals surface area (Å²) in [5.41, 5.74) is -0.551. The molecule has 1 aliphatic carbocycles. The second kappa shape index (κ2) is 5.28. The molecule has 0 radical (unpaired) electrons. The van der Waals surface area contributed by atoms with Crippen molar-refractivity contribution in [3.05, 3.63) is 33.7 Å². The summed E-state index contributed by atoms with van der Waals surface area (Å²) in [4.78, 5) is 41.4. The summed E-state index contributed by atoms with van der Waals surface area (Å²) in [5, 5.41) is 10.6. The Bertz CT molecular complexity index is 762. The van der Waals surface area contributed by atoms with Crippen molar-refractivity contribution in [3.8, 4) is 0 Å². The molecule has 1 N–H and O–H groups in total. The van der Waals surface area contributed by atoms with Gasteiger partial charge in [-0.2, -0.15) is 0 Å². The van der Waals surface area contributed by atoms with Gasteiger partial charge in [0.05, 0.1) is 0 Å². The van der Waals surface area contributed by atoms with Crippen molar-refractivity contribution in [2.75, 3.05) is 13.1 Å². The van der Waals surface area contributed by atoms with Crippen molar-refractivity contribution in [3.63, 3.8) is 0 Å². The number of hydrogen-bond donors (Lipinski definition) is 1. The third-order valence-corrected chi connectivity index (χ3v) is 4.13. The van der Waals surface area contributed by atoms with E-state index < -0.39 is 24.0 Å². The average molecular weight is 307 g/mol. The number of nitrogens with zero attached hydrogens (tertiary/aromatic N) is 3. The second-order valence-electron chi connectivity index (χ2n) is 5.06. The Morgan fingerprint density at radius 2 is 2.24 bits per heavy atom. The highest BCUT2D eigenvalue weighted by Gasteiger charge is 2.29. The van der Waals surface area contributed by atoms with Crippen LogP contribution in [0.2, 0.25) is 0 Å². The number of rotatable bonds is 5. The van der Waals surface area contributed by atoms with Crippen LogP contribution in [0.3, 0.4) is 0 Å². The van der Waals surface area contributed by atoms with Crippen LogP contribution in [-0.2, 0) is 4.79 Å². The largest absolute Gasteiger partial charge is 0.480 e. The third-order valence-electron chi connectivity index (χ3n) is 3.36. The first kappa shape index (κ1) is 13.7. The van der Waals surface area contributed by atoms with Gasteiger partial charge in [-0.15, -0.1) is 11.3 Å². The first-order chi connectivity index (χ1) is 10.1. The van der Waals surface area contributed by atoms with Gasteiger partial charge in [0.25, 0.3) is 11.5 Å². The van der Waals surface area contributed by atoms with E-state index >= 15 is 0 Å². The van der Waals surface area contributed by atoms with E-state index in [-0.39, 0.29) is 5.56 Å². The monoisotopic (exact) mass is 307 g/mol. The summed E-state index contributed by atoms with van der Waals surface area (Å²) in [6, 6.07) is 0. The summed E-state index contributed by atoms with van der Waals surface area (Å²) in [5.74, 6) is -1.31. The quantitative estimate of drug-likeness (QED) is 0.877. The smallest absolute Gasteiger partial charge is 0.323 e. The SMILES string of the molecule is O=C(O)CN(CC1CC1)C(=O)c1cnc2sccn2c1=O. The predicted octanol–water partition coefficient (Wildman–Crippen LogP) is 0.693. The van der Waals surface area contributed by atoms with E-state index in [1.807, 2.05) is 0 Å². The number of amides is 1. The van der Waals surface area contributed by atoms with Gasteiger partial charge in [-0.05, 0) is 18.8 Å². The second-order valence-corrected chi connectivity index (χ2v) is 5.93. The number of aromatic nitrogens is 2. The van der Waals surface area contributed by atoms with Crippen LogP contribution in [0.5, 0.6) is 0 Å². The fourth-order valence-corrected chi connectivity index (χ4v) is 2.81. The zero-order valence-corrected chi connectivity index (χ0v) is 11.9. The van der Waals surface area contributed by atoms with Gasteiger partial charge in [0.1, 0.15) is 12.1 Å². The molecule has 1 amide bonds. The number of carboxylic acids is 1. The highest BCUT2D eigenvalue weighted by Crippen LogP contribution is 2.30. The Hall–Kier alpha value is -2.22. The van der Waals surface area contributed by atoms with Gasteiger partial charge in [-0.3, -0.25) is 18.8 Å². The van der Waals surface area contributed by atoms with Crippen LogP contribution in [0, 0.1) is 5.92 Å². The maximum atomic E-state index is 12.4. The minimum Gasteiger partial charge on any atom is -0.480 e. The van der Waals surface area contributed by atoms with Crippen LogP contribution in [0.4, 0.5) is 0 Å². The number of fused-ring (bicyclic) bond motifs is 1. The van der Waals surface area contributed by atoms with Crippen molar-refractivity contribution in [2.24, 2.45) is 5.92 Å². The summed E-state index contributed by atoms with van der Waals surface area (Å²) < 4.78 is 1.30. The maximum absolute atomic E-state index is 12.4. The fourth-order valence-electron chi connectivity index (χ4n) is 2.14. The Labute approximate surface area is 123 Å². The van der Waals surface area contributed by atoms with E-state index in [4.69, 9.17) is 5.11 Å². The van der Waals surface area contributed by atoms with E-state index in [9.17, 15) is 14.4 Å². The van der Waals surface area contributed by atoms with Crippen molar-refractivity contribution in [1.82, 2.24) is 14.3 Å². The minimum atomic E-state index is -1.09. The van der Waals surface area contributed by atoms with Crippen molar-refractivity contribution < 1.29 is 14.7 Å². The summed E-state index contributed by atoms with van der Waals surface area (Å²) in [6.45, 7) is -0.0297. The molecule has 7 nitrogen and oxygen atoms in total. The highest BCUT2D eigenvalue weighted by molar-refractivity contribution is 7.15. The normalized spacial score (nSPS) is 14.3. The van der Waals surface area contributed by atoms with Gasteiger partial charge in [0, 0.05) is 24.3 Å². The topological polar surface area (TPSA) is 92.0 Å². The van der Waals surface area contributed by atoms with Crippen molar-refractivity contribution in [2.45, 2.75) is 12.8 Å². The van der Waals surface area contributed by atoms with Gasteiger partial charge < -0.3 is 10.0 Å². The number of carbonyl (C=O) groups is 2. The molecule has 1 aliphatic rings. The molecule has 0 saturated heterocycles. The molecule has 0 aromatic carbocycles. The van der Waals surface area contributed by atoms with Crippen molar-refractivity contribution in [1.29, 1.82) is 0 Å². The highest BCUT2D eigenvalue weighted by atomic mass is 32.1. The zero-order chi connectivity index (χ0) is 15.0. The van der Waals surface area contributed by atoms with Crippen LogP contribution in [0.25, 0.3) is 4.96 Å². The molecule has 0 aliphatic heterocycles. The van der Waals surface area contributed by atoms with E-state index in [1.165, 1.54) is 26.8 Å². The van der Waals surface area contributed by atoms with Crippen LogP contribution >= 0.6 is 11.3 Å². The number of thiazole rings is 1. The molecule has 0 atom stereocenters. The third kappa shape index (κ3) is 2.80. The number of hydrogen-bond acceptors (Lipinski definition) is 5. The lowest BCUT2D eigenvalue weighted by Crippen LogP contribution is -2.40. The van der Waals surface area contributed by atoms with Crippen LogP contribution < -0.4 is 5.56 Å². The first-order valence-corrected chi connectivity index (χ1v) is 7.40. The lowest BCUT2D eigenvalue weighted by atomic mass is 10.2. The minimum absolute atomic E-state index is 0.0900. The van der Waals surface area contributed by atoms with E-state index in [1.54, 1.807) is 11.6 Å². The van der Waals surface area contributed by atoms with E-state index in [2.05, 4.69) is 4.98 Å². The van der Waals surface area contributed by atoms with Crippen molar-refractivity contribution >= 4 is 28.2 Å². The average Bonchev–Trinajstić information content (AvgIpc) is 3.11. The molecule has 1 fully saturated rings. The molecule has 1 saturated carbocycles. The Kier molecular flexibility index (Phi) is 3.46. The van der Waals surface area contributed by atoms with Gasteiger partial charge >= 0.3 is 5.97 Å². The molecule has 2 aromatic heterocycles.